The van der Waals surface area contributed by atoms with Crippen LogP contribution in [0.25, 0.3) is 0 Å². The predicted octanol–water partition coefficient (Wildman–Crippen LogP) is 1.85. The highest BCUT2D eigenvalue weighted by Crippen LogP contribution is 2.12. The topological polar surface area (TPSA) is 50.8 Å². The second-order valence-electron chi connectivity index (χ2n) is 5.14. The zero-order chi connectivity index (χ0) is 14.9. The number of methoxy groups -OCH3 is 1. The summed E-state index contributed by atoms with van der Waals surface area (Å²) in [6.07, 6.45) is 1.35. The zero-order valence-electron chi connectivity index (χ0n) is 13.0. The third kappa shape index (κ3) is 6.22. The molecule has 1 saturated heterocycles. The fraction of sp³-hybridized carbons (Fsp3) is 0.562. The van der Waals surface area contributed by atoms with Crippen LogP contribution in [-0.4, -0.2) is 50.7 Å². The van der Waals surface area contributed by atoms with Crippen LogP contribution in [0, 0.1) is 0 Å². The van der Waals surface area contributed by atoms with E-state index >= 15 is 0 Å². The summed E-state index contributed by atoms with van der Waals surface area (Å²) in [4.78, 5) is 13.9. The molecule has 1 fully saturated rings. The van der Waals surface area contributed by atoms with Crippen molar-refractivity contribution in [3.8, 4) is 5.75 Å². The molecule has 124 valence electrons. The second-order valence-corrected chi connectivity index (χ2v) is 5.14. The number of carbonyl (C=O) groups excluding carboxylic acids is 1. The molecule has 1 aliphatic heterocycles. The van der Waals surface area contributed by atoms with Crippen molar-refractivity contribution in [2.75, 3.05) is 39.9 Å². The molecule has 0 spiro atoms. The number of hydrogen-bond acceptors (Lipinski definition) is 4. The number of nitrogens with one attached hydrogen (secondary N) is 1. The van der Waals surface area contributed by atoms with Gasteiger partial charge in [0.2, 0.25) is 5.91 Å². The highest BCUT2D eigenvalue weighted by Gasteiger charge is 2.15. The van der Waals surface area contributed by atoms with Crippen molar-refractivity contribution in [3.63, 3.8) is 0 Å². The molecule has 1 aromatic rings. The summed E-state index contributed by atoms with van der Waals surface area (Å²) in [7, 11) is 1.65. The quantitative estimate of drug-likeness (QED) is 0.776. The van der Waals surface area contributed by atoms with Crippen LogP contribution in [0.2, 0.25) is 0 Å². The largest absolute Gasteiger partial charge is 0.497 e. The van der Waals surface area contributed by atoms with E-state index in [1.54, 1.807) is 7.11 Å². The van der Waals surface area contributed by atoms with Crippen molar-refractivity contribution in [2.24, 2.45) is 0 Å². The average molecular weight is 329 g/mol. The van der Waals surface area contributed by atoms with Gasteiger partial charge in [0.1, 0.15) is 5.75 Å². The molecule has 1 N–H and O–H groups in total. The van der Waals surface area contributed by atoms with Crippen molar-refractivity contribution in [3.05, 3.63) is 29.8 Å². The van der Waals surface area contributed by atoms with Gasteiger partial charge < -0.3 is 19.7 Å². The lowest BCUT2D eigenvalue weighted by Gasteiger charge is -2.27. The van der Waals surface area contributed by atoms with Gasteiger partial charge in [-0.3, -0.25) is 4.79 Å². The van der Waals surface area contributed by atoms with Gasteiger partial charge >= 0.3 is 0 Å². The maximum atomic E-state index is 11.9. The maximum absolute atomic E-state index is 11.9. The molecule has 0 aromatic heterocycles. The van der Waals surface area contributed by atoms with E-state index in [2.05, 4.69) is 5.32 Å². The molecular weight excluding hydrogens is 304 g/mol. The van der Waals surface area contributed by atoms with E-state index in [1.807, 2.05) is 29.2 Å². The molecule has 5 nitrogen and oxygen atoms in total. The Bertz CT molecular complexity index is 434. The van der Waals surface area contributed by atoms with Crippen molar-refractivity contribution in [1.82, 2.24) is 10.2 Å². The molecule has 0 atom stereocenters. The molecule has 1 aliphatic rings. The number of piperazine rings is 1. The van der Waals surface area contributed by atoms with E-state index in [0.29, 0.717) is 19.6 Å². The molecule has 0 bridgehead atoms. The number of carbonyl (C=O) groups is 1. The molecule has 0 radical (unpaired) electrons. The zero-order valence-corrected chi connectivity index (χ0v) is 13.9. The SMILES string of the molecule is COc1ccc(COCCCC(=O)N2CCNCC2)cc1.Cl. The lowest BCUT2D eigenvalue weighted by Crippen LogP contribution is -2.46. The van der Waals surface area contributed by atoms with Gasteiger partial charge in [-0.1, -0.05) is 12.1 Å². The summed E-state index contributed by atoms with van der Waals surface area (Å²) in [6.45, 7) is 4.65. The summed E-state index contributed by atoms with van der Waals surface area (Å²) in [5.74, 6) is 1.09. The maximum Gasteiger partial charge on any atom is 0.222 e. The van der Waals surface area contributed by atoms with Crippen molar-refractivity contribution >= 4 is 18.3 Å². The van der Waals surface area contributed by atoms with Crippen LogP contribution in [0.5, 0.6) is 5.75 Å². The first-order valence-electron chi connectivity index (χ1n) is 7.49. The fourth-order valence-electron chi connectivity index (χ4n) is 2.31. The number of benzene rings is 1. The number of halogens is 1. The highest BCUT2D eigenvalue weighted by atomic mass is 35.5. The summed E-state index contributed by atoms with van der Waals surface area (Å²) in [5, 5.41) is 3.24. The van der Waals surface area contributed by atoms with Crippen LogP contribution < -0.4 is 10.1 Å². The Morgan fingerprint density at radius 3 is 2.55 bits per heavy atom. The van der Waals surface area contributed by atoms with Gasteiger partial charge in [0, 0.05) is 39.2 Å². The second kappa shape index (κ2) is 10.4. The Balaban J connectivity index is 0.00000242. The number of nitrogens with zero attached hydrogens (tertiary/aromatic N) is 1. The Hall–Kier alpha value is -1.30. The molecule has 0 saturated carbocycles. The van der Waals surface area contributed by atoms with Crippen LogP contribution in [-0.2, 0) is 16.1 Å². The van der Waals surface area contributed by atoms with Gasteiger partial charge in [0.15, 0.2) is 0 Å². The van der Waals surface area contributed by atoms with E-state index in [0.717, 1.165) is 43.9 Å². The van der Waals surface area contributed by atoms with E-state index in [9.17, 15) is 4.79 Å². The Morgan fingerprint density at radius 1 is 1.23 bits per heavy atom. The van der Waals surface area contributed by atoms with E-state index in [1.165, 1.54) is 0 Å². The minimum Gasteiger partial charge on any atom is -0.497 e. The smallest absolute Gasteiger partial charge is 0.222 e. The molecule has 2 rings (SSSR count). The van der Waals surface area contributed by atoms with Crippen LogP contribution >= 0.6 is 12.4 Å². The molecule has 0 aliphatic carbocycles. The van der Waals surface area contributed by atoms with Crippen LogP contribution in [0.15, 0.2) is 24.3 Å². The first kappa shape index (κ1) is 18.7. The number of rotatable bonds is 7. The summed E-state index contributed by atoms with van der Waals surface area (Å²) >= 11 is 0. The van der Waals surface area contributed by atoms with Gasteiger partial charge in [0.05, 0.1) is 13.7 Å². The highest BCUT2D eigenvalue weighted by molar-refractivity contribution is 5.85. The van der Waals surface area contributed by atoms with Crippen molar-refractivity contribution in [1.29, 1.82) is 0 Å². The van der Waals surface area contributed by atoms with Crippen LogP contribution in [0.1, 0.15) is 18.4 Å². The molecular formula is C16H25ClN2O3. The summed E-state index contributed by atoms with van der Waals surface area (Å²) in [6, 6.07) is 7.83. The third-order valence-corrected chi connectivity index (χ3v) is 3.58. The predicted molar refractivity (Wildman–Crippen MR) is 88.6 cm³/mol. The van der Waals surface area contributed by atoms with Gasteiger partial charge in [-0.25, -0.2) is 0 Å². The minimum absolute atomic E-state index is 0. The van der Waals surface area contributed by atoms with Crippen LogP contribution in [0.3, 0.4) is 0 Å². The molecule has 6 heteroatoms. The van der Waals surface area contributed by atoms with E-state index in [-0.39, 0.29) is 18.3 Å². The summed E-state index contributed by atoms with van der Waals surface area (Å²) < 4.78 is 10.7. The standard InChI is InChI=1S/C16H24N2O3.ClH/c1-20-15-6-4-14(5-7-15)13-21-12-2-3-16(19)18-10-8-17-9-11-18;/h4-7,17H,2-3,8-13H2,1H3;1H. The number of amides is 1. The normalized spacial score (nSPS) is 14.3. The minimum atomic E-state index is 0. The lowest BCUT2D eigenvalue weighted by atomic mass is 10.2. The Labute approximate surface area is 138 Å². The first-order valence-corrected chi connectivity index (χ1v) is 7.49. The van der Waals surface area contributed by atoms with Gasteiger partial charge in [-0.05, 0) is 24.1 Å². The fourth-order valence-corrected chi connectivity index (χ4v) is 2.31. The molecule has 1 heterocycles. The monoisotopic (exact) mass is 328 g/mol. The lowest BCUT2D eigenvalue weighted by molar-refractivity contribution is -0.132. The molecule has 1 aromatic carbocycles. The van der Waals surface area contributed by atoms with Crippen molar-refractivity contribution in [2.45, 2.75) is 19.4 Å². The molecule has 0 unspecified atom stereocenters. The summed E-state index contributed by atoms with van der Waals surface area (Å²) in [5.41, 5.74) is 1.12. The van der Waals surface area contributed by atoms with Gasteiger partial charge in [-0.2, -0.15) is 0 Å². The Morgan fingerprint density at radius 2 is 1.91 bits per heavy atom. The van der Waals surface area contributed by atoms with E-state index < -0.39 is 0 Å². The Kier molecular flexibility index (Phi) is 8.89. The van der Waals surface area contributed by atoms with Gasteiger partial charge in [-0.15, -0.1) is 12.4 Å². The average Bonchev–Trinajstić information content (AvgIpc) is 2.55. The van der Waals surface area contributed by atoms with Crippen molar-refractivity contribution < 1.29 is 14.3 Å². The molecule has 22 heavy (non-hydrogen) atoms. The number of ether oxygens (including phenoxy) is 2. The molecule has 1 amide bonds. The first-order chi connectivity index (χ1) is 10.3. The van der Waals surface area contributed by atoms with Crippen LogP contribution in [0.4, 0.5) is 0 Å². The third-order valence-electron chi connectivity index (χ3n) is 3.58. The van der Waals surface area contributed by atoms with E-state index in [4.69, 9.17) is 9.47 Å². The van der Waals surface area contributed by atoms with Gasteiger partial charge in [0.25, 0.3) is 0 Å². The number of hydrogen-bond donors (Lipinski definition) is 1.